The van der Waals surface area contributed by atoms with E-state index in [4.69, 9.17) is 5.73 Å². The molecule has 1 aromatic rings. The number of pyridine rings is 1. The smallest absolute Gasteiger partial charge is 0.317 e. The van der Waals surface area contributed by atoms with Crippen molar-refractivity contribution in [2.24, 2.45) is 0 Å². The highest BCUT2D eigenvalue weighted by molar-refractivity contribution is 5.97. The second-order valence-electron chi connectivity index (χ2n) is 4.56. The first-order valence-electron chi connectivity index (χ1n) is 6.66. The number of hydrogen-bond acceptors (Lipinski definition) is 4. The average Bonchev–Trinajstić information content (AvgIpc) is 2.47. The summed E-state index contributed by atoms with van der Waals surface area (Å²) in [6.45, 7) is 4.50. The van der Waals surface area contributed by atoms with Crippen LogP contribution in [0, 0.1) is 0 Å². The third-order valence-corrected chi connectivity index (χ3v) is 3.22. The molecule has 0 atom stereocenters. The standard InChI is InChI=1S/C13H19N5O2/c1-2-15-13(20)18-8-6-17(7-9-18)12(19)11-10(14)4-3-5-16-11/h3-5H,2,6-9,14H2,1H3,(H,15,20). The third kappa shape index (κ3) is 2.98. The number of aromatic nitrogens is 1. The van der Waals surface area contributed by atoms with Gasteiger partial charge < -0.3 is 20.9 Å². The lowest BCUT2D eigenvalue weighted by molar-refractivity contribution is 0.0660. The van der Waals surface area contributed by atoms with Gasteiger partial charge in [-0.25, -0.2) is 9.78 Å². The molecular weight excluding hydrogens is 258 g/mol. The van der Waals surface area contributed by atoms with Crippen LogP contribution in [-0.4, -0.2) is 59.4 Å². The number of hydrogen-bond donors (Lipinski definition) is 2. The number of nitrogens with zero attached hydrogens (tertiary/aromatic N) is 3. The number of urea groups is 1. The van der Waals surface area contributed by atoms with Crippen LogP contribution in [0.15, 0.2) is 18.3 Å². The summed E-state index contributed by atoms with van der Waals surface area (Å²) in [4.78, 5) is 31.4. The Labute approximate surface area is 117 Å². The molecule has 20 heavy (non-hydrogen) atoms. The van der Waals surface area contributed by atoms with E-state index in [-0.39, 0.29) is 17.6 Å². The molecule has 7 nitrogen and oxygen atoms in total. The van der Waals surface area contributed by atoms with Crippen LogP contribution in [0.1, 0.15) is 17.4 Å². The SMILES string of the molecule is CCNC(=O)N1CCN(C(=O)c2ncccc2N)CC1. The van der Waals surface area contributed by atoms with Crippen LogP contribution in [0.3, 0.4) is 0 Å². The van der Waals surface area contributed by atoms with Crippen LogP contribution in [-0.2, 0) is 0 Å². The molecule has 3 amide bonds. The Kier molecular flexibility index (Phi) is 4.39. The lowest BCUT2D eigenvalue weighted by Gasteiger charge is -2.34. The van der Waals surface area contributed by atoms with E-state index in [0.717, 1.165) is 0 Å². The van der Waals surface area contributed by atoms with E-state index in [2.05, 4.69) is 10.3 Å². The molecule has 2 heterocycles. The Morgan fingerprint density at radius 1 is 1.30 bits per heavy atom. The first kappa shape index (κ1) is 14.1. The van der Waals surface area contributed by atoms with E-state index in [0.29, 0.717) is 38.4 Å². The van der Waals surface area contributed by atoms with Crippen molar-refractivity contribution in [2.45, 2.75) is 6.92 Å². The molecule has 0 aliphatic carbocycles. The van der Waals surface area contributed by atoms with E-state index in [1.165, 1.54) is 0 Å². The summed E-state index contributed by atoms with van der Waals surface area (Å²) >= 11 is 0. The zero-order valence-electron chi connectivity index (χ0n) is 11.5. The van der Waals surface area contributed by atoms with Gasteiger partial charge in [0.1, 0.15) is 0 Å². The van der Waals surface area contributed by atoms with Gasteiger partial charge in [0.2, 0.25) is 0 Å². The number of piperazine rings is 1. The average molecular weight is 277 g/mol. The van der Waals surface area contributed by atoms with Crippen molar-refractivity contribution in [2.75, 3.05) is 38.5 Å². The minimum atomic E-state index is -0.182. The lowest BCUT2D eigenvalue weighted by atomic mass is 10.2. The minimum absolute atomic E-state index is 0.0862. The summed E-state index contributed by atoms with van der Waals surface area (Å²) in [5.41, 5.74) is 6.41. The molecule has 108 valence electrons. The zero-order valence-corrected chi connectivity index (χ0v) is 11.5. The zero-order chi connectivity index (χ0) is 14.5. The Bertz CT molecular complexity index is 497. The van der Waals surface area contributed by atoms with E-state index < -0.39 is 0 Å². The van der Waals surface area contributed by atoms with E-state index in [1.54, 1.807) is 28.1 Å². The Hall–Kier alpha value is -2.31. The quantitative estimate of drug-likeness (QED) is 0.805. The summed E-state index contributed by atoms with van der Waals surface area (Å²) in [5.74, 6) is -0.182. The maximum absolute atomic E-state index is 12.3. The van der Waals surface area contributed by atoms with Crippen molar-refractivity contribution in [3.8, 4) is 0 Å². The van der Waals surface area contributed by atoms with Crippen LogP contribution < -0.4 is 11.1 Å². The Balaban J connectivity index is 1.96. The molecule has 0 saturated carbocycles. The van der Waals surface area contributed by atoms with Crippen LogP contribution in [0.5, 0.6) is 0 Å². The second kappa shape index (κ2) is 6.23. The van der Waals surface area contributed by atoms with Crippen molar-refractivity contribution in [1.82, 2.24) is 20.1 Å². The molecule has 0 spiro atoms. The van der Waals surface area contributed by atoms with Crippen molar-refractivity contribution < 1.29 is 9.59 Å². The number of nitrogen functional groups attached to an aromatic ring is 1. The maximum Gasteiger partial charge on any atom is 0.317 e. The van der Waals surface area contributed by atoms with Gasteiger partial charge in [-0.05, 0) is 19.1 Å². The molecule has 1 saturated heterocycles. The molecule has 1 fully saturated rings. The first-order chi connectivity index (χ1) is 9.63. The molecule has 0 aromatic carbocycles. The summed E-state index contributed by atoms with van der Waals surface area (Å²) < 4.78 is 0. The predicted octanol–water partition coefficient (Wildman–Crippen LogP) is 0.151. The number of carbonyl (C=O) groups excluding carboxylic acids is 2. The molecule has 1 aromatic heterocycles. The van der Waals surface area contributed by atoms with E-state index in [1.807, 2.05) is 6.92 Å². The summed E-state index contributed by atoms with van der Waals surface area (Å²) in [5, 5.41) is 2.75. The van der Waals surface area contributed by atoms with Crippen molar-refractivity contribution in [3.05, 3.63) is 24.0 Å². The fourth-order valence-corrected chi connectivity index (χ4v) is 2.12. The largest absolute Gasteiger partial charge is 0.397 e. The highest BCUT2D eigenvalue weighted by atomic mass is 16.2. The normalized spacial score (nSPS) is 15.1. The van der Waals surface area contributed by atoms with Crippen molar-refractivity contribution in [1.29, 1.82) is 0 Å². The number of rotatable bonds is 2. The number of carbonyl (C=O) groups is 2. The summed E-state index contributed by atoms with van der Waals surface area (Å²) in [6.07, 6.45) is 1.55. The fraction of sp³-hybridized carbons (Fsp3) is 0.462. The second-order valence-corrected chi connectivity index (χ2v) is 4.56. The van der Waals surface area contributed by atoms with Crippen molar-refractivity contribution >= 4 is 17.6 Å². The van der Waals surface area contributed by atoms with Crippen molar-refractivity contribution in [3.63, 3.8) is 0 Å². The molecule has 1 aliphatic heterocycles. The van der Waals surface area contributed by atoms with Crippen LogP contribution in [0.2, 0.25) is 0 Å². The monoisotopic (exact) mass is 277 g/mol. The maximum atomic E-state index is 12.3. The molecule has 3 N–H and O–H groups in total. The highest BCUT2D eigenvalue weighted by Gasteiger charge is 2.26. The van der Waals surface area contributed by atoms with Crippen LogP contribution in [0.25, 0.3) is 0 Å². The predicted molar refractivity (Wildman–Crippen MR) is 75.2 cm³/mol. The van der Waals surface area contributed by atoms with Gasteiger partial charge in [-0.15, -0.1) is 0 Å². The number of amides is 3. The first-order valence-corrected chi connectivity index (χ1v) is 6.66. The Morgan fingerprint density at radius 2 is 1.95 bits per heavy atom. The van der Waals surface area contributed by atoms with Crippen LogP contribution >= 0.6 is 0 Å². The molecule has 0 unspecified atom stereocenters. The van der Waals surface area contributed by atoms with Gasteiger partial charge in [-0.2, -0.15) is 0 Å². The third-order valence-electron chi connectivity index (χ3n) is 3.22. The van der Waals surface area contributed by atoms with Gasteiger partial charge in [0.25, 0.3) is 5.91 Å². The Morgan fingerprint density at radius 3 is 2.55 bits per heavy atom. The summed E-state index contributed by atoms with van der Waals surface area (Å²) in [7, 11) is 0. The molecular formula is C13H19N5O2. The molecule has 1 aliphatic rings. The highest BCUT2D eigenvalue weighted by Crippen LogP contribution is 2.12. The van der Waals surface area contributed by atoms with Gasteiger partial charge in [0.05, 0.1) is 5.69 Å². The topological polar surface area (TPSA) is 91.6 Å². The number of anilines is 1. The molecule has 0 bridgehead atoms. The van der Waals surface area contributed by atoms with Gasteiger partial charge >= 0.3 is 6.03 Å². The molecule has 0 radical (unpaired) electrons. The van der Waals surface area contributed by atoms with E-state index >= 15 is 0 Å². The summed E-state index contributed by atoms with van der Waals surface area (Å²) in [6, 6.07) is 3.27. The van der Waals surface area contributed by atoms with Gasteiger partial charge in [-0.1, -0.05) is 0 Å². The van der Waals surface area contributed by atoms with Gasteiger partial charge in [0, 0.05) is 38.9 Å². The van der Waals surface area contributed by atoms with Gasteiger partial charge in [-0.3, -0.25) is 4.79 Å². The van der Waals surface area contributed by atoms with Gasteiger partial charge in [0.15, 0.2) is 5.69 Å². The fourth-order valence-electron chi connectivity index (χ4n) is 2.12. The minimum Gasteiger partial charge on any atom is -0.397 e. The lowest BCUT2D eigenvalue weighted by Crippen LogP contribution is -2.53. The number of nitrogens with one attached hydrogen (secondary N) is 1. The van der Waals surface area contributed by atoms with Crippen LogP contribution in [0.4, 0.5) is 10.5 Å². The number of nitrogens with two attached hydrogens (primary N) is 1. The van der Waals surface area contributed by atoms with E-state index in [9.17, 15) is 9.59 Å². The molecule has 7 heteroatoms. The molecule has 2 rings (SSSR count).